The molecule has 0 aromatic carbocycles. The lowest BCUT2D eigenvalue weighted by atomic mass is 9.82. The Morgan fingerprint density at radius 1 is 1.41 bits per heavy atom. The zero-order valence-corrected chi connectivity index (χ0v) is 11.1. The van der Waals surface area contributed by atoms with Crippen LogP contribution in [0.3, 0.4) is 0 Å². The smallest absolute Gasteiger partial charge is 0.104 e. The standard InChI is InChI=1S/C14H23NO2/c1-13(2,3)15-10-14(6-8-16-11-14)9-12-5-4-7-17-12/h4-5,7,15H,6,8-11H2,1-3H3. The molecule has 2 rings (SSSR count). The number of ether oxygens (including phenoxy) is 1. The average molecular weight is 237 g/mol. The van der Waals surface area contributed by atoms with Crippen molar-refractivity contribution in [2.75, 3.05) is 19.8 Å². The van der Waals surface area contributed by atoms with E-state index >= 15 is 0 Å². The van der Waals surface area contributed by atoms with Crippen LogP contribution in [0, 0.1) is 5.41 Å². The Balaban J connectivity index is 1.99. The number of furan rings is 1. The molecule has 3 nitrogen and oxygen atoms in total. The van der Waals surface area contributed by atoms with Crippen LogP contribution in [0.5, 0.6) is 0 Å². The summed E-state index contributed by atoms with van der Waals surface area (Å²) in [6, 6.07) is 4.01. The third kappa shape index (κ3) is 3.58. The highest BCUT2D eigenvalue weighted by Crippen LogP contribution is 2.32. The summed E-state index contributed by atoms with van der Waals surface area (Å²) >= 11 is 0. The third-order valence-electron chi connectivity index (χ3n) is 3.31. The van der Waals surface area contributed by atoms with E-state index in [0.29, 0.717) is 0 Å². The first kappa shape index (κ1) is 12.7. The summed E-state index contributed by atoms with van der Waals surface area (Å²) in [5.74, 6) is 1.06. The normalized spacial score (nSPS) is 25.4. The fourth-order valence-corrected chi connectivity index (χ4v) is 2.23. The van der Waals surface area contributed by atoms with Gasteiger partial charge in [-0.3, -0.25) is 0 Å². The Kier molecular flexibility index (Phi) is 3.59. The molecule has 0 aliphatic carbocycles. The number of hydrogen-bond acceptors (Lipinski definition) is 3. The van der Waals surface area contributed by atoms with E-state index in [1.807, 2.05) is 6.07 Å². The number of rotatable bonds is 4. The second-order valence-electron chi connectivity index (χ2n) is 6.16. The van der Waals surface area contributed by atoms with Crippen molar-refractivity contribution < 1.29 is 9.15 Å². The molecule has 1 aliphatic heterocycles. The van der Waals surface area contributed by atoms with E-state index in [2.05, 4.69) is 32.2 Å². The van der Waals surface area contributed by atoms with Crippen molar-refractivity contribution in [3.63, 3.8) is 0 Å². The average Bonchev–Trinajstić information content (AvgIpc) is 2.87. The topological polar surface area (TPSA) is 34.4 Å². The summed E-state index contributed by atoms with van der Waals surface area (Å²) in [5, 5.41) is 3.60. The van der Waals surface area contributed by atoms with E-state index in [0.717, 1.165) is 38.4 Å². The van der Waals surface area contributed by atoms with Crippen LogP contribution in [0.15, 0.2) is 22.8 Å². The number of hydrogen-bond donors (Lipinski definition) is 1. The fourth-order valence-electron chi connectivity index (χ4n) is 2.23. The third-order valence-corrected chi connectivity index (χ3v) is 3.31. The zero-order chi connectivity index (χ0) is 12.4. The molecule has 2 heterocycles. The molecule has 1 aliphatic rings. The summed E-state index contributed by atoms with van der Waals surface area (Å²) in [6.07, 6.45) is 3.82. The Morgan fingerprint density at radius 3 is 2.76 bits per heavy atom. The van der Waals surface area contributed by atoms with Gasteiger partial charge in [0.05, 0.1) is 12.9 Å². The van der Waals surface area contributed by atoms with Gasteiger partial charge in [-0.15, -0.1) is 0 Å². The van der Waals surface area contributed by atoms with E-state index in [4.69, 9.17) is 9.15 Å². The summed E-state index contributed by atoms with van der Waals surface area (Å²) in [7, 11) is 0. The molecule has 1 atom stereocenters. The maximum absolute atomic E-state index is 5.59. The Bertz CT molecular complexity index is 332. The zero-order valence-electron chi connectivity index (χ0n) is 11.1. The Labute approximate surface area is 104 Å². The lowest BCUT2D eigenvalue weighted by molar-refractivity contribution is 0.140. The highest BCUT2D eigenvalue weighted by molar-refractivity contribution is 5.04. The van der Waals surface area contributed by atoms with E-state index in [9.17, 15) is 0 Å². The Hall–Kier alpha value is -0.800. The molecule has 1 unspecified atom stereocenters. The molecule has 1 aromatic heterocycles. The van der Waals surface area contributed by atoms with Gasteiger partial charge in [-0.1, -0.05) is 0 Å². The van der Waals surface area contributed by atoms with Gasteiger partial charge >= 0.3 is 0 Å². The van der Waals surface area contributed by atoms with Crippen molar-refractivity contribution in [3.8, 4) is 0 Å². The second-order valence-corrected chi connectivity index (χ2v) is 6.16. The molecule has 96 valence electrons. The van der Waals surface area contributed by atoms with Crippen molar-refractivity contribution in [2.45, 2.75) is 39.2 Å². The molecule has 17 heavy (non-hydrogen) atoms. The maximum Gasteiger partial charge on any atom is 0.104 e. The van der Waals surface area contributed by atoms with E-state index < -0.39 is 0 Å². The molecule has 0 radical (unpaired) electrons. The molecule has 0 amide bonds. The van der Waals surface area contributed by atoms with Crippen LogP contribution in [-0.4, -0.2) is 25.3 Å². The molecule has 1 saturated heterocycles. The van der Waals surface area contributed by atoms with Crippen LogP contribution >= 0.6 is 0 Å². The molecular weight excluding hydrogens is 214 g/mol. The highest BCUT2D eigenvalue weighted by Gasteiger charge is 2.36. The van der Waals surface area contributed by atoms with Gasteiger partial charge in [0.2, 0.25) is 0 Å². The summed E-state index contributed by atoms with van der Waals surface area (Å²) in [6.45, 7) is 9.27. The first-order valence-corrected chi connectivity index (χ1v) is 6.34. The minimum atomic E-state index is 0.152. The summed E-state index contributed by atoms with van der Waals surface area (Å²) in [5.41, 5.74) is 0.351. The monoisotopic (exact) mass is 237 g/mol. The molecule has 3 heteroatoms. The molecule has 1 N–H and O–H groups in total. The largest absolute Gasteiger partial charge is 0.469 e. The molecular formula is C14H23NO2. The number of nitrogens with one attached hydrogen (secondary N) is 1. The second kappa shape index (κ2) is 4.83. The van der Waals surface area contributed by atoms with Crippen molar-refractivity contribution in [1.82, 2.24) is 5.32 Å². The van der Waals surface area contributed by atoms with Crippen LogP contribution < -0.4 is 5.32 Å². The SMILES string of the molecule is CC(C)(C)NCC1(Cc2ccco2)CCOC1. The van der Waals surface area contributed by atoms with Crippen LogP contribution in [0.4, 0.5) is 0 Å². The lowest BCUT2D eigenvalue weighted by Gasteiger charge is -2.31. The highest BCUT2D eigenvalue weighted by atomic mass is 16.5. The van der Waals surface area contributed by atoms with Gasteiger partial charge in [-0.25, -0.2) is 0 Å². The minimum absolute atomic E-state index is 0.152. The van der Waals surface area contributed by atoms with Gasteiger partial charge in [-0.05, 0) is 39.3 Å². The van der Waals surface area contributed by atoms with Crippen molar-refractivity contribution in [2.24, 2.45) is 5.41 Å². The fraction of sp³-hybridized carbons (Fsp3) is 0.714. The maximum atomic E-state index is 5.59. The van der Waals surface area contributed by atoms with Crippen molar-refractivity contribution >= 4 is 0 Å². The first-order valence-electron chi connectivity index (χ1n) is 6.34. The van der Waals surface area contributed by atoms with Gasteiger partial charge in [0.15, 0.2) is 0 Å². The van der Waals surface area contributed by atoms with E-state index in [1.165, 1.54) is 0 Å². The van der Waals surface area contributed by atoms with Crippen LogP contribution in [-0.2, 0) is 11.2 Å². The van der Waals surface area contributed by atoms with Gasteiger partial charge < -0.3 is 14.5 Å². The van der Waals surface area contributed by atoms with Crippen LogP contribution in [0.1, 0.15) is 33.0 Å². The first-order chi connectivity index (χ1) is 7.99. The minimum Gasteiger partial charge on any atom is -0.469 e. The van der Waals surface area contributed by atoms with E-state index in [-0.39, 0.29) is 11.0 Å². The summed E-state index contributed by atoms with van der Waals surface area (Å²) < 4.78 is 11.1. The van der Waals surface area contributed by atoms with Crippen LogP contribution in [0.2, 0.25) is 0 Å². The van der Waals surface area contributed by atoms with Crippen molar-refractivity contribution in [3.05, 3.63) is 24.2 Å². The predicted octanol–water partition coefficient (Wildman–Crippen LogP) is 2.62. The molecule has 0 spiro atoms. The molecule has 1 aromatic rings. The Morgan fingerprint density at radius 2 is 2.24 bits per heavy atom. The quantitative estimate of drug-likeness (QED) is 0.874. The van der Waals surface area contributed by atoms with Gasteiger partial charge in [0.1, 0.15) is 5.76 Å². The summed E-state index contributed by atoms with van der Waals surface area (Å²) in [4.78, 5) is 0. The van der Waals surface area contributed by atoms with Gasteiger partial charge in [-0.2, -0.15) is 0 Å². The van der Waals surface area contributed by atoms with Gasteiger partial charge in [0.25, 0.3) is 0 Å². The molecule has 0 saturated carbocycles. The van der Waals surface area contributed by atoms with Crippen molar-refractivity contribution in [1.29, 1.82) is 0 Å². The van der Waals surface area contributed by atoms with Crippen LogP contribution in [0.25, 0.3) is 0 Å². The lowest BCUT2D eigenvalue weighted by Crippen LogP contribution is -2.45. The molecule has 0 bridgehead atoms. The van der Waals surface area contributed by atoms with E-state index in [1.54, 1.807) is 6.26 Å². The predicted molar refractivity (Wildman–Crippen MR) is 68.0 cm³/mol. The van der Waals surface area contributed by atoms with Gasteiger partial charge in [0, 0.05) is 30.5 Å². The molecule has 1 fully saturated rings.